The van der Waals surface area contributed by atoms with Gasteiger partial charge in [0.1, 0.15) is 5.82 Å². The Morgan fingerprint density at radius 1 is 1.00 bits per heavy atom. The summed E-state index contributed by atoms with van der Waals surface area (Å²) in [4.78, 5) is 32.8. The number of nitrogens with zero attached hydrogens (tertiary/aromatic N) is 6. The van der Waals surface area contributed by atoms with Gasteiger partial charge in [0, 0.05) is 57.8 Å². The number of fused-ring (bicyclic) bond motifs is 1. The number of rotatable bonds is 3. The highest BCUT2D eigenvalue weighted by Crippen LogP contribution is 2.32. The van der Waals surface area contributed by atoms with Crippen LogP contribution in [0.15, 0.2) is 17.5 Å². The standard InChI is InChI=1S/C21H28N6OS/c1-24-10-12-26(13-11-24)21-22-17-6-9-27(20(28)18-5-4-14-29-18)15-16(17)19(23-21)25-7-2-3-8-25/h4-5,14H,2-3,6-13,15H2,1H3. The second kappa shape index (κ2) is 7.91. The molecule has 0 unspecified atom stereocenters. The second-order valence-electron chi connectivity index (χ2n) is 8.21. The minimum Gasteiger partial charge on any atom is -0.356 e. The molecule has 2 fully saturated rings. The fourth-order valence-corrected chi connectivity index (χ4v) is 5.14. The van der Waals surface area contributed by atoms with Crippen molar-refractivity contribution in [3.05, 3.63) is 33.6 Å². The van der Waals surface area contributed by atoms with E-state index in [1.165, 1.54) is 24.2 Å². The molecule has 5 heterocycles. The molecule has 0 bridgehead atoms. The van der Waals surface area contributed by atoms with Gasteiger partial charge in [-0.25, -0.2) is 4.98 Å². The zero-order valence-electron chi connectivity index (χ0n) is 17.0. The van der Waals surface area contributed by atoms with Crippen molar-refractivity contribution < 1.29 is 4.79 Å². The summed E-state index contributed by atoms with van der Waals surface area (Å²) in [5.41, 5.74) is 2.28. The van der Waals surface area contributed by atoms with E-state index in [1.54, 1.807) is 0 Å². The average Bonchev–Trinajstić information content (AvgIpc) is 3.47. The topological polar surface area (TPSA) is 55.8 Å². The molecular weight excluding hydrogens is 384 g/mol. The third-order valence-electron chi connectivity index (χ3n) is 6.24. The Morgan fingerprint density at radius 2 is 1.79 bits per heavy atom. The van der Waals surface area contributed by atoms with E-state index in [4.69, 9.17) is 9.97 Å². The first-order valence-electron chi connectivity index (χ1n) is 10.6. The summed E-state index contributed by atoms with van der Waals surface area (Å²) in [6.07, 6.45) is 3.22. The number of thiophene rings is 1. The fourth-order valence-electron chi connectivity index (χ4n) is 4.45. The number of anilines is 2. The molecule has 2 saturated heterocycles. The third kappa shape index (κ3) is 3.71. The summed E-state index contributed by atoms with van der Waals surface area (Å²) in [5.74, 6) is 2.06. The Bertz CT molecular complexity index is 872. The van der Waals surface area contributed by atoms with Gasteiger partial charge < -0.3 is 19.6 Å². The van der Waals surface area contributed by atoms with Gasteiger partial charge in [0.05, 0.1) is 17.1 Å². The number of aromatic nitrogens is 2. The van der Waals surface area contributed by atoms with Gasteiger partial charge in [-0.3, -0.25) is 4.79 Å². The number of hydrogen-bond acceptors (Lipinski definition) is 7. The minimum atomic E-state index is 0.126. The smallest absolute Gasteiger partial charge is 0.264 e. The summed E-state index contributed by atoms with van der Waals surface area (Å²) >= 11 is 1.51. The van der Waals surface area contributed by atoms with Crippen LogP contribution in [0.5, 0.6) is 0 Å². The third-order valence-corrected chi connectivity index (χ3v) is 7.10. The maximum atomic E-state index is 12.9. The molecule has 2 aromatic rings. The quantitative estimate of drug-likeness (QED) is 0.770. The normalized spacial score (nSPS) is 20.2. The Hall–Kier alpha value is -2.19. The molecule has 3 aliphatic rings. The van der Waals surface area contributed by atoms with E-state index in [-0.39, 0.29) is 5.91 Å². The Balaban J connectivity index is 1.46. The van der Waals surface area contributed by atoms with E-state index in [2.05, 4.69) is 21.7 Å². The number of amides is 1. The zero-order chi connectivity index (χ0) is 19.8. The highest BCUT2D eigenvalue weighted by atomic mass is 32.1. The van der Waals surface area contributed by atoms with Crippen molar-refractivity contribution in [2.45, 2.75) is 25.8 Å². The lowest BCUT2D eigenvalue weighted by Gasteiger charge is -2.35. The highest BCUT2D eigenvalue weighted by Gasteiger charge is 2.30. The van der Waals surface area contributed by atoms with Gasteiger partial charge in [0.2, 0.25) is 5.95 Å². The van der Waals surface area contributed by atoms with E-state index < -0.39 is 0 Å². The van der Waals surface area contributed by atoms with Gasteiger partial charge in [-0.2, -0.15) is 4.98 Å². The van der Waals surface area contributed by atoms with Crippen molar-refractivity contribution in [3.8, 4) is 0 Å². The fraction of sp³-hybridized carbons (Fsp3) is 0.571. The largest absolute Gasteiger partial charge is 0.356 e. The summed E-state index contributed by atoms with van der Waals surface area (Å²) in [6, 6.07) is 3.85. The van der Waals surface area contributed by atoms with Crippen LogP contribution in [0.2, 0.25) is 0 Å². The van der Waals surface area contributed by atoms with E-state index in [0.29, 0.717) is 6.54 Å². The van der Waals surface area contributed by atoms with Gasteiger partial charge in [0.15, 0.2) is 0 Å². The van der Waals surface area contributed by atoms with Crippen molar-refractivity contribution in [2.24, 2.45) is 0 Å². The second-order valence-corrected chi connectivity index (χ2v) is 9.16. The molecule has 0 atom stereocenters. The Morgan fingerprint density at radius 3 is 2.52 bits per heavy atom. The first-order valence-corrected chi connectivity index (χ1v) is 11.5. The van der Waals surface area contributed by atoms with Crippen LogP contribution < -0.4 is 9.80 Å². The first kappa shape index (κ1) is 18.8. The molecule has 3 aliphatic heterocycles. The molecule has 0 aliphatic carbocycles. The van der Waals surface area contributed by atoms with Gasteiger partial charge in [-0.05, 0) is 31.3 Å². The number of piperazine rings is 1. The predicted molar refractivity (Wildman–Crippen MR) is 116 cm³/mol. The Labute approximate surface area is 175 Å². The molecular formula is C21H28N6OS. The molecule has 8 heteroatoms. The summed E-state index contributed by atoms with van der Waals surface area (Å²) in [6.45, 7) is 7.46. The van der Waals surface area contributed by atoms with Crippen LogP contribution in [0, 0.1) is 0 Å². The summed E-state index contributed by atoms with van der Waals surface area (Å²) in [5, 5.41) is 1.96. The molecule has 0 N–H and O–H groups in total. The summed E-state index contributed by atoms with van der Waals surface area (Å²) < 4.78 is 0. The van der Waals surface area contributed by atoms with Crippen molar-refractivity contribution in [1.29, 1.82) is 0 Å². The molecule has 154 valence electrons. The molecule has 0 radical (unpaired) electrons. The van der Waals surface area contributed by atoms with Crippen LogP contribution >= 0.6 is 11.3 Å². The summed E-state index contributed by atoms with van der Waals surface area (Å²) in [7, 11) is 2.17. The SMILES string of the molecule is CN1CCN(c2nc3c(c(N4CCCC4)n2)CN(C(=O)c2cccs2)CC3)CC1. The van der Waals surface area contributed by atoms with Gasteiger partial charge >= 0.3 is 0 Å². The highest BCUT2D eigenvalue weighted by molar-refractivity contribution is 7.12. The number of carbonyl (C=O) groups excluding carboxylic acids is 1. The predicted octanol–water partition coefficient (Wildman–Crippen LogP) is 2.09. The van der Waals surface area contributed by atoms with Crippen LogP contribution in [0.3, 0.4) is 0 Å². The number of carbonyl (C=O) groups is 1. The zero-order valence-corrected chi connectivity index (χ0v) is 17.8. The molecule has 29 heavy (non-hydrogen) atoms. The van der Waals surface area contributed by atoms with Gasteiger partial charge in [-0.15, -0.1) is 11.3 Å². The lowest BCUT2D eigenvalue weighted by Crippen LogP contribution is -2.45. The average molecular weight is 413 g/mol. The molecule has 1 amide bonds. The monoisotopic (exact) mass is 412 g/mol. The van der Waals surface area contributed by atoms with Crippen molar-refractivity contribution >= 4 is 29.0 Å². The van der Waals surface area contributed by atoms with E-state index >= 15 is 0 Å². The lowest BCUT2D eigenvalue weighted by atomic mass is 10.1. The van der Waals surface area contributed by atoms with Crippen LogP contribution in [0.1, 0.15) is 33.8 Å². The van der Waals surface area contributed by atoms with Crippen LogP contribution in [-0.4, -0.2) is 78.5 Å². The van der Waals surface area contributed by atoms with Gasteiger partial charge in [0.25, 0.3) is 5.91 Å². The maximum Gasteiger partial charge on any atom is 0.264 e. The van der Waals surface area contributed by atoms with Crippen molar-refractivity contribution in [3.63, 3.8) is 0 Å². The number of likely N-dealkylation sites (N-methyl/N-ethyl adjacent to an activating group) is 1. The molecule has 0 saturated carbocycles. The molecule has 7 nitrogen and oxygen atoms in total. The molecule has 0 aromatic carbocycles. The van der Waals surface area contributed by atoms with Gasteiger partial charge in [-0.1, -0.05) is 6.07 Å². The van der Waals surface area contributed by atoms with Crippen LogP contribution in [0.4, 0.5) is 11.8 Å². The minimum absolute atomic E-state index is 0.126. The van der Waals surface area contributed by atoms with Crippen LogP contribution in [0.25, 0.3) is 0 Å². The first-order chi connectivity index (χ1) is 14.2. The van der Waals surface area contributed by atoms with E-state index in [9.17, 15) is 4.79 Å². The molecule has 0 spiro atoms. The maximum absolute atomic E-state index is 12.9. The van der Waals surface area contributed by atoms with Crippen molar-refractivity contribution in [1.82, 2.24) is 19.8 Å². The van der Waals surface area contributed by atoms with Crippen molar-refractivity contribution in [2.75, 3.05) is 62.7 Å². The lowest BCUT2D eigenvalue weighted by molar-refractivity contribution is 0.0738. The molecule has 5 rings (SSSR count). The number of hydrogen-bond donors (Lipinski definition) is 0. The molecule has 2 aromatic heterocycles. The van der Waals surface area contributed by atoms with Crippen LogP contribution in [-0.2, 0) is 13.0 Å². The van der Waals surface area contributed by atoms with E-state index in [0.717, 1.165) is 80.1 Å². The van der Waals surface area contributed by atoms with E-state index in [1.807, 2.05) is 22.4 Å². The Kier molecular flexibility index (Phi) is 5.13.